The first kappa shape index (κ1) is 31.0. The number of alkyl halides is 17. The lowest BCUT2D eigenvalue weighted by atomic mass is 9.88. The molecule has 0 amide bonds. The summed E-state index contributed by atoms with van der Waals surface area (Å²) in [5.41, 5.74) is 0. The molecule has 0 saturated carbocycles. The fourth-order valence-electron chi connectivity index (χ4n) is 1.91. The van der Waals surface area contributed by atoms with Gasteiger partial charge >= 0.3 is 47.6 Å². The number of hydrogen-bond donors (Lipinski definition) is 0. The van der Waals surface area contributed by atoms with Gasteiger partial charge in [-0.15, -0.1) is 0 Å². The van der Waals surface area contributed by atoms with Crippen LogP contribution in [0, 0.1) is 0 Å². The molecule has 0 unspecified atom stereocenters. The van der Waals surface area contributed by atoms with Crippen LogP contribution >= 0.6 is 0 Å². The van der Waals surface area contributed by atoms with Crippen molar-refractivity contribution >= 4 is 8.32 Å². The molecule has 0 aliphatic heterocycles. The summed E-state index contributed by atoms with van der Waals surface area (Å²) in [5.74, 6) is -56.0. The molecule has 0 rings (SSSR count). The molecule has 0 radical (unpaired) electrons. The van der Waals surface area contributed by atoms with Gasteiger partial charge in [0.1, 0.15) is 0 Å². The Balaban J connectivity index is 6.53. The number of rotatable bonds is 10. The molecule has 0 aromatic rings. The van der Waals surface area contributed by atoms with Crippen LogP contribution in [0.5, 0.6) is 0 Å². The molecule has 0 aliphatic rings. The monoisotopic (exact) mass is 536 g/mol. The molecule has 32 heavy (non-hydrogen) atoms. The van der Waals surface area contributed by atoms with Crippen molar-refractivity contribution < 1.29 is 79.1 Å². The normalized spacial score (nSPS) is 16.5. The van der Waals surface area contributed by atoms with Gasteiger partial charge in [0, 0.05) is 13.5 Å². The Kier molecular flexibility index (Phi) is 7.78. The van der Waals surface area contributed by atoms with Gasteiger partial charge in [-0.25, -0.2) is 0 Å². The van der Waals surface area contributed by atoms with Crippen LogP contribution in [0.4, 0.5) is 74.6 Å². The minimum Gasteiger partial charge on any atom is -0.420 e. The molecule has 0 aromatic carbocycles. The van der Waals surface area contributed by atoms with Gasteiger partial charge in [0.2, 0.25) is 0 Å². The lowest BCUT2D eigenvalue weighted by Crippen LogP contribution is -2.74. The van der Waals surface area contributed by atoms with Gasteiger partial charge in [0.15, 0.2) is 8.32 Å². The Morgan fingerprint density at radius 2 is 0.781 bits per heavy atom. The predicted octanol–water partition coefficient (Wildman–Crippen LogP) is 7.24. The van der Waals surface area contributed by atoms with E-state index < -0.39 is 68.4 Å². The second-order valence-electron chi connectivity index (χ2n) is 7.11. The Bertz CT molecular complexity index is 666. The third-order valence-electron chi connectivity index (χ3n) is 4.38. The first-order valence-corrected chi connectivity index (χ1v) is 10.9. The Morgan fingerprint density at radius 3 is 1.06 bits per heavy atom. The molecular weight excluding hydrogens is 523 g/mol. The summed E-state index contributed by atoms with van der Waals surface area (Å²) in [6.45, 7) is 2.06. The van der Waals surface area contributed by atoms with E-state index in [9.17, 15) is 74.6 Å². The number of halogens is 17. The van der Waals surface area contributed by atoms with E-state index in [-0.39, 0.29) is 0 Å². The Labute approximate surface area is 169 Å². The van der Waals surface area contributed by atoms with E-state index in [1.165, 1.54) is 0 Å². The van der Waals surface area contributed by atoms with Gasteiger partial charge in [0.05, 0.1) is 0 Å². The van der Waals surface area contributed by atoms with E-state index in [0.717, 1.165) is 20.2 Å². The van der Waals surface area contributed by atoms with Crippen LogP contribution in [0.25, 0.3) is 0 Å². The van der Waals surface area contributed by atoms with Gasteiger partial charge in [-0.2, -0.15) is 74.6 Å². The van der Waals surface area contributed by atoms with Crippen molar-refractivity contribution in [3.8, 4) is 0 Å². The smallest absolute Gasteiger partial charge is 0.420 e. The molecule has 0 fully saturated rings. The standard InChI is InChI=1S/C13H13F17OSi/c1-31-32(2,3)5-4-6(14,15)7(16,17)8(18,19)9(20,21)10(22,23)11(24,25)12(26,27)13(28,29)30/h4-5H2,1-3H3. The van der Waals surface area contributed by atoms with Crippen molar-refractivity contribution in [1.82, 2.24) is 0 Å². The van der Waals surface area contributed by atoms with Gasteiger partial charge < -0.3 is 4.43 Å². The Morgan fingerprint density at radius 1 is 0.500 bits per heavy atom. The maximum atomic E-state index is 13.6. The summed E-state index contributed by atoms with van der Waals surface area (Å²) >= 11 is 0. The zero-order chi connectivity index (χ0) is 26.6. The largest absolute Gasteiger partial charge is 0.460 e. The van der Waals surface area contributed by atoms with Crippen molar-refractivity contribution in [1.29, 1.82) is 0 Å². The quantitative estimate of drug-likeness (QED) is 0.211. The maximum absolute atomic E-state index is 13.6. The van der Waals surface area contributed by atoms with Crippen molar-refractivity contribution in [2.24, 2.45) is 0 Å². The molecule has 0 N–H and O–H groups in total. The van der Waals surface area contributed by atoms with Gasteiger partial charge in [0.25, 0.3) is 0 Å². The summed E-state index contributed by atoms with van der Waals surface area (Å²) in [5, 5.41) is 0. The molecule has 0 spiro atoms. The highest BCUT2D eigenvalue weighted by atomic mass is 28.4. The number of hydrogen-bond acceptors (Lipinski definition) is 1. The molecule has 0 aromatic heterocycles. The lowest BCUT2D eigenvalue weighted by Gasteiger charge is -2.43. The second-order valence-corrected chi connectivity index (χ2v) is 11.5. The summed E-state index contributed by atoms with van der Waals surface area (Å²) < 4.78 is 227. The third kappa shape index (κ3) is 4.38. The lowest BCUT2D eigenvalue weighted by molar-refractivity contribution is -0.461. The van der Waals surface area contributed by atoms with E-state index in [4.69, 9.17) is 0 Å². The summed E-state index contributed by atoms with van der Waals surface area (Å²) in [6, 6.07) is -1.20. The minimum atomic E-state index is -8.59. The average Bonchev–Trinajstić information content (AvgIpc) is 2.58. The van der Waals surface area contributed by atoms with E-state index in [0.29, 0.717) is 0 Å². The fourth-order valence-corrected chi connectivity index (χ4v) is 3.03. The Hall–Kier alpha value is -1.01. The van der Waals surface area contributed by atoms with Crippen LogP contribution in [0.1, 0.15) is 6.42 Å². The van der Waals surface area contributed by atoms with Crippen LogP contribution in [0.3, 0.4) is 0 Å². The minimum absolute atomic E-state index is 0.856. The maximum Gasteiger partial charge on any atom is 0.460 e. The zero-order valence-electron chi connectivity index (χ0n) is 15.7. The third-order valence-corrected chi connectivity index (χ3v) is 6.94. The highest BCUT2D eigenvalue weighted by Gasteiger charge is 2.95. The molecule has 0 atom stereocenters. The van der Waals surface area contributed by atoms with Crippen LogP contribution in [0.2, 0.25) is 19.1 Å². The summed E-state index contributed by atoms with van der Waals surface area (Å²) in [4.78, 5) is 0. The highest BCUT2D eigenvalue weighted by Crippen LogP contribution is 2.64. The van der Waals surface area contributed by atoms with Gasteiger partial charge in [-0.1, -0.05) is 0 Å². The molecule has 0 saturated heterocycles. The van der Waals surface area contributed by atoms with Crippen LogP contribution in [0.15, 0.2) is 0 Å². The fraction of sp³-hybridized carbons (Fsp3) is 1.00. The molecule has 1 nitrogen and oxygen atoms in total. The van der Waals surface area contributed by atoms with E-state index in [1.807, 2.05) is 0 Å². The first-order chi connectivity index (χ1) is 13.5. The van der Waals surface area contributed by atoms with Crippen molar-refractivity contribution in [2.45, 2.75) is 73.2 Å². The predicted molar refractivity (Wildman–Crippen MR) is 74.6 cm³/mol. The van der Waals surface area contributed by atoms with Crippen molar-refractivity contribution in [3.63, 3.8) is 0 Å². The van der Waals surface area contributed by atoms with Crippen molar-refractivity contribution in [3.05, 3.63) is 0 Å². The topological polar surface area (TPSA) is 9.23 Å². The van der Waals surface area contributed by atoms with Gasteiger partial charge in [-0.05, 0) is 19.1 Å². The zero-order valence-corrected chi connectivity index (χ0v) is 16.7. The highest BCUT2D eigenvalue weighted by molar-refractivity contribution is 6.71. The first-order valence-electron chi connectivity index (χ1n) is 7.78. The molecular formula is C13H13F17OSi. The van der Waals surface area contributed by atoms with E-state index >= 15 is 0 Å². The van der Waals surface area contributed by atoms with E-state index in [2.05, 4.69) is 4.43 Å². The molecule has 194 valence electrons. The average molecular weight is 536 g/mol. The molecule has 19 heteroatoms. The second kappa shape index (κ2) is 8.04. The van der Waals surface area contributed by atoms with Crippen molar-refractivity contribution in [2.75, 3.05) is 7.11 Å². The summed E-state index contributed by atoms with van der Waals surface area (Å²) in [6.07, 6.45) is -10.2. The summed E-state index contributed by atoms with van der Waals surface area (Å²) in [7, 11) is -2.47. The van der Waals surface area contributed by atoms with E-state index in [1.54, 1.807) is 0 Å². The van der Waals surface area contributed by atoms with Crippen LogP contribution < -0.4 is 0 Å². The molecule has 0 aliphatic carbocycles. The van der Waals surface area contributed by atoms with Crippen LogP contribution in [-0.2, 0) is 4.43 Å². The SMILES string of the molecule is CO[Si](C)(C)CCC(F)(F)C(F)(F)C(F)(F)C(F)(F)C(F)(F)C(F)(F)C(F)(F)C(F)(F)F. The molecule has 0 bridgehead atoms. The molecule has 0 heterocycles. The van der Waals surface area contributed by atoms with Gasteiger partial charge in [-0.3, -0.25) is 0 Å². The van der Waals surface area contributed by atoms with Crippen LogP contribution in [-0.4, -0.2) is 63.1 Å².